The van der Waals surface area contributed by atoms with Crippen molar-refractivity contribution in [1.29, 1.82) is 0 Å². The van der Waals surface area contributed by atoms with Crippen molar-refractivity contribution < 1.29 is 23.9 Å². The number of nitrogens with one attached hydrogen (secondary N) is 2. The average Bonchev–Trinajstić information content (AvgIpc) is 3.36. The minimum atomic E-state index is -0.480. The Hall–Kier alpha value is -3.52. The van der Waals surface area contributed by atoms with E-state index in [1.807, 2.05) is 20.8 Å². The normalized spacial score (nSPS) is 17.8. The Kier molecular flexibility index (Phi) is 6.03. The Balaban J connectivity index is 1.53. The maximum atomic E-state index is 12.9. The fraction of sp³-hybridized carbons (Fsp3) is 0.360. The van der Waals surface area contributed by atoms with Gasteiger partial charge in [-0.15, -0.1) is 0 Å². The molecule has 0 radical (unpaired) electrons. The van der Waals surface area contributed by atoms with E-state index in [9.17, 15) is 19.2 Å². The first-order chi connectivity index (χ1) is 15.6. The number of carbonyl (C=O) groups excluding carboxylic acids is 4. The van der Waals surface area contributed by atoms with E-state index < -0.39 is 17.4 Å². The molecule has 1 atom stereocenters. The van der Waals surface area contributed by atoms with Crippen LogP contribution < -0.4 is 10.6 Å². The van der Waals surface area contributed by atoms with Crippen molar-refractivity contribution >= 4 is 29.3 Å². The third kappa shape index (κ3) is 4.80. The van der Waals surface area contributed by atoms with Gasteiger partial charge in [0.1, 0.15) is 0 Å². The van der Waals surface area contributed by atoms with Crippen LogP contribution in [0.15, 0.2) is 42.5 Å². The highest BCUT2D eigenvalue weighted by atomic mass is 16.5. The molecule has 8 nitrogen and oxygen atoms in total. The number of ether oxygens (including phenoxy) is 1. The fourth-order valence-electron chi connectivity index (χ4n) is 3.98. The number of rotatable bonds is 5. The number of benzene rings is 2. The lowest BCUT2D eigenvalue weighted by Crippen LogP contribution is -2.40. The van der Waals surface area contributed by atoms with Gasteiger partial charge in [0.05, 0.1) is 35.0 Å². The van der Waals surface area contributed by atoms with E-state index in [-0.39, 0.29) is 41.2 Å². The topological polar surface area (TPSA) is 105 Å². The summed E-state index contributed by atoms with van der Waals surface area (Å²) >= 11 is 0. The Labute approximate surface area is 192 Å². The number of imide groups is 1. The molecule has 2 N–H and O–H groups in total. The molecule has 0 bridgehead atoms. The smallest absolute Gasteiger partial charge is 0.261 e. The molecule has 0 spiro atoms. The minimum Gasteiger partial charge on any atom is -0.376 e. The van der Waals surface area contributed by atoms with Gasteiger partial charge in [-0.05, 0) is 63.9 Å². The highest BCUT2D eigenvalue weighted by Gasteiger charge is 2.38. The van der Waals surface area contributed by atoms with E-state index in [1.165, 1.54) is 23.1 Å². The Morgan fingerprint density at radius 1 is 1.03 bits per heavy atom. The molecule has 1 saturated heterocycles. The molecule has 2 aliphatic heterocycles. The number of hydrogen-bond donors (Lipinski definition) is 2. The van der Waals surface area contributed by atoms with Gasteiger partial charge in [0.15, 0.2) is 0 Å². The predicted molar refractivity (Wildman–Crippen MR) is 122 cm³/mol. The SMILES string of the molecule is CC(C)(C)NC(=O)c1ccccc1NC(=O)c1ccc2c(c1)C(=O)N(CC1CCCO1)C2=O. The number of hydrogen-bond acceptors (Lipinski definition) is 5. The molecule has 33 heavy (non-hydrogen) atoms. The van der Waals surface area contributed by atoms with E-state index in [4.69, 9.17) is 4.74 Å². The van der Waals surface area contributed by atoms with Gasteiger partial charge < -0.3 is 15.4 Å². The summed E-state index contributed by atoms with van der Waals surface area (Å²) in [7, 11) is 0. The summed E-state index contributed by atoms with van der Waals surface area (Å²) in [6.07, 6.45) is 1.57. The lowest BCUT2D eigenvalue weighted by Gasteiger charge is -2.21. The number of amides is 4. The van der Waals surface area contributed by atoms with Crippen molar-refractivity contribution in [1.82, 2.24) is 10.2 Å². The summed E-state index contributed by atoms with van der Waals surface area (Å²) in [6.45, 7) is 6.46. The molecule has 0 aliphatic carbocycles. The molecule has 4 rings (SSSR count). The van der Waals surface area contributed by atoms with Crippen LogP contribution in [-0.2, 0) is 4.74 Å². The van der Waals surface area contributed by atoms with Gasteiger partial charge in [-0.3, -0.25) is 24.1 Å². The fourth-order valence-corrected chi connectivity index (χ4v) is 3.98. The summed E-state index contributed by atoms with van der Waals surface area (Å²) in [5.74, 6) is -1.59. The zero-order valence-corrected chi connectivity index (χ0v) is 18.9. The first-order valence-electron chi connectivity index (χ1n) is 11.0. The molecule has 2 aromatic rings. The molecular formula is C25H27N3O5. The lowest BCUT2D eigenvalue weighted by atomic mass is 10.0. The predicted octanol–water partition coefficient (Wildman–Crippen LogP) is 3.24. The molecule has 2 aliphatic rings. The second-order valence-corrected chi connectivity index (χ2v) is 9.32. The van der Waals surface area contributed by atoms with Gasteiger partial charge in [-0.25, -0.2) is 0 Å². The molecule has 2 heterocycles. The molecule has 0 saturated carbocycles. The minimum absolute atomic E-state index is 0.147. The van der Waals surface area contributed by atoms with Crippen LogP contribution in [0.1, 0.15) is 75.0 Å². The summed E-state index contributed by atoms with van der Waals surface area (Å²) in [5.41, 5.74) is 0.947. The van der Waals surface area contributed by atoms with Crippen molar-refractivity contribution in [3.05, 3.63) is 64.7 Å². The summed E-state index contributed by atoms with van der Waals surface area (Å²) < 4.78 is 5.56. The maximum absolute atomic E-state index is 12.9. The van der Waals surface area contributed by atoms with Crippen LogP contribution in [0, 0.1) is 0 Å². The third-order valence-corrected chi connectivity index (χ3v) is 5.55. The number of para-hydroxylation sites is 1. The quantitative estimate of drug-likeness (QED) is 0.682. The molecule has 4 amide bonds. The first-order valence-corrected chi connectivity index (χ1v) is 11.0. The number of anilines is 1. The first kappa shape index (κ1) is 22.7. The van der Waals surface area contributed by atoms with Crippen LogP contribution >= 0.6 is 0 Å². The number of fused-ring (bicyclic) bond motifs is 1. The van der Waals surface area contributed by atoms with Gasteiger partial charge >= 0.3 is 0 Å². The molecule has 1 unspecified atom stereocenters. The molecule has 8 heteroatoms. The third-order valence-electron chi connectivity index (χ3n) is 5.55. The van der Waals surface area contributed by atoms with Crippen molar-refractivity contribution in [3.63, 3.8) is 0 Å². The van der Waals surface area contributed by atoms with Gasteiger partial charge in [0.25, 0.3) is 23.6 Å². The van der Waals surface area contributed by atoms with Crippen LogP contribution in [0.4, 0.5) is 5.69 Å². The van der Waals surface area contributed by atoms with E-state index in [2.05, 4.69) is 10.6 Å². The highest BCUT2D eigenvalue weighted by Crippen LogP contribution is 2.27. The van der Waals surface area contributed by atoms with E-state index in [0.29, 0.717) is 17.9 Å². The summed E-state index contributed by atoms with van der Waals surface area (Å²) in [4.78, 5) is 52.4. The largest absolute Gasteiger partial charge is 0.376 e. The zero-order valence-electron chi connectivity index (χ0n) is 18.9. The Morgan fingerprint density at radius 2 is 1.76 bits per heavy atom. The van der Waals surface area contributed by atoms with Crippen LogP contribution in [0.5, 0.6) is 0 Å². The summed E-state index contributed by atoms with van der Waals surface area (Å²) in [5, 5.41) is 5.63. The van der Waals surface area contributed by atoms with Crippen LogP contribution in [-0.4, -0.2) is 53.3 Å². The van der Waals surface area contributed by atoms with Crippen molar-refractivity contribution in [3.8, 4) is 0 Å². The van der Waals surface area contributed by atoms with Gasteiger partial charge in [0, 0.05) is 17.7 Å². The van der Waals surface area contributed by atoms with Gasteiger partial charge in [-0.1, -0.05) is 12.1 Å². The molecular weight excluding hydrogens is 422 g/mol. The van der Waals surface area contributed by atoms with Crippen LogP contribution in [0.3, 0.4) is 0 Å². The van der Waals surface area contributed by atoms with Crippen molar-refractivity contribution in [2.75, 3.05) is 18.5 Å². The van der Waals surface area contributed by atoms with Gasteiger partial charge in [-0.2, -0.15) is 0 Å². The van der Waals surface area contributed by atoms with E-state index in [1.54, 1.807) is 24.3 Å². The maximum Gasteiger partial charge on any atom is 0.261 e. The monoisotopic (exact) mass is 449 g/mol. The summed E-state index contributed by atoms with van der Waals surface area (Å²) in [6, 6.07) is 11.1. The molecule has 2 aromatic carbocycles. The van der Waals surface area contributed by atoms with Crippen LogP contribution in [0.25, 0.3) is 0 Å². The number of carbonyl (C=O) groups is 4. The second kappa shape index (κ2) is 8.78. The highest BCUT2D eigenvalue weighted by molar-refractivity contribution is 6.22. The average molecular weight is 450 g/mol. The Bertz CT molecular complexity index is 1130. The standard InChI is InChI=1S/C25H27N3O5/c1-25(2,3)27-22(30)18-8-4-5-9-20(18)26-21(29)15-10-11-17-19(13-15)24(32)28(23(17)31)14-16-7-6-12-33-16/h4-5,8-11,13,16H,6-7,12,14H2,1-3H3,(H,26,29)(H,27,30). The molecule has 0 aromatic heterocycles. The van der Waals surface area contributed by atoms with E-state index in [0.717, 1.165) is 12.8 Å². The van der Waals surface area contributed by atoms with Crippen molar-refractivity contribution in [2.24, 2.45) is 0 Å². The lowest BCUT2D eigenvalue weighted by molar-refractivity contribution is 0.0475. The van der Waals surface area contributed by atoms with E-state index >= 15 is 0 Å². The second-order valence-electron chi connectivity index (χ2n) is 9.32. The Morgan fingerprint density at radius 3 is 2.45 bits per heavy atom. The number of nitrogens with zero attached hydrogens (tertiary/aromatic N) is 1. The molecule has 1 fully saturated rings. The van der Waals surface area contributed by atoms with Gasteiger partial charge in [0.2, 0.25) is 0 Å². The zero-order chi connectivity index (χ0) is 23.8. The van der Waals surface area contributed by atoms with Crippen molar-refractivity contribution in [2.45, 2.75) is 45.3 Å². The molecule has 172 valence electrons. The van der Waals surface area contributed by atoms with Crippen LogP contribution in [0.2, 0.25) is 0 Å².